The highest BCUT2D eigenvalue weighted by molar-refractivity contribution is 8.04. The van der Waals surface area contributed by atoms with E-state index in [2.05, 4.69) is 0 Å². The van der Waals surface area contributed by atoms with Crippen molar-refractivity contribution >= 4 is 23.6 Å². The second-order valence-electron chi connectivity index (χ2n) is 2.69. The molecule has 0 spiro atoms. The first kappa shape index (κ1) is 11.6. The van der Waals surface area contributed by atoms with E-state index in [4.69, 9.17) is 10.00 Å². The van der Waals surface area contributed by atoms with Crippen LogP contribution in [-0.2, 0) is 14.3 Å². The van der Waals surface area contributed by atoms with Crippen molar-refractivity contribution in [1.29, 1.82) is 5.26 Å². The summed E-state index contributed by atoms with van der Waals surface area (Å²) in [4.78, 5) is 23.8. The first-order chi connectivity index (χ1) is 7.19. The van der Waals surface area contributed by atoms with Gasteiger partial charge in [0.1, 0.15) is 6.54 Å². The van der Waals surface area contributed by atoms with Crippen LogP contribution in [0.1, 0.15) is 6.92 Å². The summed E-state index contributed by atoms with van der Waals surface area (Å²) >= 11 is 1.25. The van der Waals surface area contributed by atoms with E-state index in [1.807, 2.05) is 6.07 Å². The molecular weight excluding hydrogens is 216 g/mol. The Kier molecular flexibility index (Phi) is 4.18. The number of rotatable bonds is 3. The van der Waals surface area contributed by atoms with Gasteiger partial charge in [0.05, 0.1) is 23.5 Å². The van der Waals surface area contributed by atoms with E-state index >= 15 is 0 Å². The van der Waals surface area contributed by atoms with Crippen LogP contribution in [0.5, 0.6) is 0 Å². The van der Waals surface area contributed by atoms with Gasteiger partial charge in [-0.2, -0.15) is 5.26 Å². The first-order valence-corrected chi connectivity index (χ1v) is 5.36. The Labute approximate surface area is 91.7 Å². The van der Waals surface area contributed by atoms with Gasteiger partial charge in [0.2, 0.25) is 5.91 Å². The Morgan fingerprint density at radius 2 is 2.53 bits per heavy atom. The van der Waals surface area contributed by atoms with E-state index in [1.165, 1.54) is 22.7 Å². The molecule has 1 aliphatic rings. The number of hydrogen-bond donors (Lipinski definition) is 0. The monoisotopic (exact) mass is 226 g/mol. The van der Waals surface area contributed by atoms with Gasteiger partial charge in [-0.05, 0) is 6.92 Å². The van der Waals surface area contributed by atoms with Crippen LogP contribution >= 0.6 is 11.8 Å². The van der Waals surface area contributed by atoms with Crippen LogP contribution in [0, 0.1) is 11.3 Å². The Morgan fingerprint density at radius 1 is 1.80 bits per heavy atom. The van der Waals surface area contributed by atoms with E-state index in [9.17, 15) is 9.59 Å². The second kappa shape index (κ2) is 5.41. The van der Waals surface area contributed by atoms with Crippen LogP contribution in [0.2, 0.25) is 0 Å². The maximum absolute atomic E-state index is 11.3. The van der Waals surface area contributed by atoms with Crippen LogP contribution in [-0.4, -0.2) is 35.7 Å². The number of ether oxygens (including phenoxy) is 1. The maximum atomic E-state index is 11.3. The molecule has 0 bridgehead atoms. The number of carbonyl (C=O) groups excluding carboxylic acids is 2. The minimum Gasteiger partial charge on any atom is -0.465 e. The molecule has 80 valence electrons. The number of carbonyl (C=O) groups is 2. The molecule has 1 amide bonds. The average Bonchev–Trinajstić information content (AvgIpc) is 2.51. The summed E-state index contributed by atoms with van der Waals surface area (Å²) in [6.07, 6.45) is 1.26. The maximum Gasteiger partial charge on any atom is 0.326 e. The molecule has 0 aliphatic carbocycles. The van der Waals surface area contributed by atoms with Crippen molar-refractivity contribution in [2.24, 2.45) is 0 Å². The lowest BCUT2D eigenvalue weighted by Gasteiger charge is -2.14. The van der Waals surface area contributed by atoms with E-state index in [-0.39, 0.29) is 24.8 Å². The lowest BCUT2D eigenvalue weighted by atomic mass is 10.5. The molecule has 5 nitrogen and oxygen atoms in total. The molecule has 0 saturated carbocycles. The van der Waals surface area contributed by atoms with Gasteiger partial charge in [0.15, 0.2) is 0 Å². The molecule has 0 aromatic rings. The smallest absolute Gasteiger partial charge is 0.326 e. The normalized spacial score (nSPS) is 18.0. The van der Waals surface area contributed by atoms with Crippen molar-refractivity contribution in [3.05, 3.63) is 11.1 Å². The van der Waals surface area contributed by atoms with E-state index in [0.29, 0.717) is 5.03 Å². The molecule has 1 rings (SSSR count). The average molecular weight is 226 g/mol. The number of nitrogens with zero attached hydrogens (tertiary/aromatic N) is 2. The largest absolute Gasteiger partial charge is 0.465 e. The highest BCUT2D eigenvalue weighted by atomic mass is 32.2. The van der Waals surface area contributed by atoms with Crippen molar-refractivity contribution in [2.45, 2.75) is 6.92 Å². The van der Waals surface area contributed by atoms with Crippen molar-refractivity contribution in [1.82, 2.24) is 4.90 Å². The Bertz CT molecular complexity index is 346. The molecular formula is C9H10N2O3S. The van der Waals surface area contributed by atoms with Crippen LogP contribution in [0.3, 0.4) is 0 Å². The number of thioether (sulfide) groups is 1. The minimum absolute atomic E-state index is 0.118. The molecule has 0 radical (unpaired) electrons. The predicted molar refractivity (Wildman–Crippen MR) is 54.5 cm³/mol. The number of nitriles is 1. The van der Waals surface area contributed by atoms with Gasteiger partial charge >= 0.3 is 5.97 Å². The molecule has 0 aromatic carbocycles. The third-order valence-electron chi connectivity index (χ3n) is 1.69. The van der Waals surface area contributed by atoms with Gasteiger partial charge in [-0.3, -0.25) is 14.5 Å². The molecule has 15 heavy (non-hydrogen) atoms. The predicted octanol–water partition coefficient (Wildman–Crippen LogP) is 0.490. The highest BCUT2D eigenvalue weighted by Gasteiger charge is 2.28. The number of hydrogen-bond acceptors (Lipinski definition) is 5. The van der Waals surface area contributed by atoms with E-state index in [0.717, 1.165) is 0 Å². The van der Waals surface area contributed by atoms with Crippen LogP contribution in [0.15, 0.2) is 11.1 Å². The van der Waals surface area contributed by atoms with Crippen molar-refractivity contribution in [3.8, 4) is 6.07 Å². The second-order valence-corrected chi connectivity index (χ2v) is 3.68. The van der Waals surface area contributed by atoms with Crippen molar-refractivity contribution in [2.75, 3.05) is 18.9 Å². The van der Waals surface area contributed by atoms with Gasteiger partial charge < -0.3 is 4.74 Å². The highest BCUT2D eigenvalue weighted by Crippen LogP contribution is 2.28. The van der Waals surface area contributed by atoms with E-state index in [1.54, 1.807) is 6.92 Å². The molecule has 0 N–H and O–H groups in total. The molecule has 6 heteroatoms. The fourth-order valence-corrected chi connectivity index (χ4v) is 1.98. The van der Waals surface area contributed by atoms with Gasteiger partial charge in [0, 0.05) is 6.08 Å². The zero-order valence-corrected chi connectivity index (χ0v) is 9.04. The van der Waals surface area contributed by atoms with Crippen LogP contribution < -0.4 is 0 Å². The number of allylic oxidation sites excluding steroid dienone is 1. The summed E-state index contributed by atoms with van der Waals surface area (Å²) in [5, 5.41) is 8.98. The molecule has 0 unspecified atom stereocenters. The quantitative estimate of drug-likeness (QED) is 0.517. The van der Waals surface area contributed by atoms with Crippen LogP contribution in [0.4, 0.5) is 0 Å². The molecule has 1 saturated heterocycles. The van der Waals surface area contributed by atoms with Gasteiger partial charge in [-0.1, -0.05) is 11.8 Å². The summed E-state index contributed by atoms with van der Waals surface area (Å²) in [5.74, 6) is -0.362. The van der Waals surface area contributed by atoms with E-state index < -0.39 is 5.97 Å². The molecule has 1 fully saturated rings. The lowest BCUT2D eigenvalue weighted by molar-refractivity contribution is -0.146. The Hall–Kier alpha value is -1.48. The molecule has 0 atom stereocenters. The zero-order valence-electron chi connectivity index (χ0n) is 8.23. The van der Waals surface area contributed by atoms with Gasteiger partial charge in [0.25, 0.3) is 0 Å². The Morgan fingerprint density at radius 3 is 3.13 bits per heavy atom. The van der Waals surface area contributed by atoms with Crippen molar-refractivity contribution in [3.63, 3.8) is 0 Å². The SMILES string of the molecule is CCOC(=O)CN1C(=O)CSC1=CC#N. The fraction of sp³-hybridized carbons (Fsp3) is 0.444. The standard InChI is InChI=1S/C9H10N2O3S/c1-2-14-9(13)5-11-7(12)6-15-8(11)3-4-10/h3H,2,5-6H2,1H3. The topological polar surface area (TPSA) is 70.4 Å². The van der Waals surface area contributed by atoms with Gasteiger partial charge in [-0.25, -0.2) is 0 Å². The summed E-state index contributed by atoms with van der Waals surface area (Å²) in [6.45, 7) is 1.86. The summed E-state index contributed by atoms with van der Waals surface area (Å²) in [7, 11) is 0. The summed E-state index contributed by atoms with van der Waals surface area (Å²) < 4.78 is 4.73. The minimum atomic E-state index is -0.461. The third-order valence-corrected chi connectivity index (χ3v) is 2.72. The lowest BCUT2D eigenvalue weighted by Crippen LogP contribution is -2.31. The van der Waals surface area contributed by atoms with Crippen molar-refractivity contribution < 1.29 is 14.3 Å². The van der Waals surface area contributed by atoms with Gasteiger partial charge in [-0.15, -0.1) is 0 Å². The van der Waals surface area contributed by atoms with Crippen LogP contribution in [0.25, 0.3) is 0 Å². The summed E-state index contributed by atoms with van der Waals surface area (Å²) in [5.41, 5.74) is 0. The fourth-order valence-electron chi connectivity index (χ4n) is 1.09. The molecule has 1 heterocycles. The number of esters is 1. The number of amides is 1. The molecule has 1 aliphatic heterocycles. The third kappa shape index (κ3) is 2.99. The first-order valence-electron chi connectivity index (χ1n) is 4.37. The Balaban J connectivity index is 2.66. The molecule has 0 aromatic heterocycles. The summed E-state index contributed by atoms with van der Waals surface area (Å²) in [6, 6.07) is 1.84. The zero-order chi connectivity index (χ0) is 11.3.